The first-order chi connectivity index (χ1) is 8.02. The summed E-state index contributed by atoms with van der Waals surface area (Å²) in [4.78, 5) is 11.4. The van der Waals surface area contributed by atoms with E-state index in [2.05, 4.69) is 5.32 Å². The number of nitrogens with two attached hydrogens (primary N) is 1. The molecule has 0 aliphatic heterocycles. The maximum Gasteiger partial charge on any atom is 0.225 e. The second-order valence-corrected chi connectivity index (χ2v) is 5.34. The number of carbonyl (C=O) groups excluding carboxylic acids is 1. The molecule has 1 atom stereocenters. The van der Waals surface area contributed by atoms with Crippen LogP contribution in [0.3, 0.4) is 0 Å². The molecule has 0 aliphatic carbocycles. The van der Waals surface area contributed by atoms with E-state index < -0.39 is 16.6 Å². The van der Waals surface area contributed by atoms with Gasteiger partial charge in [0.1, 0.15) is 5.82 Å². The third kappa shape index (κ3) is 4.52. The number of hydrogen-bond acceptors (Lipinski definition) is 3. The Kier molecular flexibility index (Phi) is 5.09. The highest BCUT2D eigenvalue weighted by molar-refractivity contribution is 7.84. The molecule has 1 aromatic carbocycles. The molecule has 0 spiro atoms. The van der Waals surface area contributed by atoms with E-state index in [1.807, 2.05) is 0 Å². The zero-order chi connectivity index (χ0) is 12.8. The lowest BCUT2D eigenvalue weighted by Gasteiger charge is -2.06. The fraction of sp³-hybridized carbons (Fsp3) is 0.364. The van der Waals surface area contributed by atoms with Crippen LogP contribution >= 0.6 is 0 Å². The quantitative estimate of drug-likeness (QED) is 0.786. The zero-order valence-corrected chi connectivity index (χ0v) is 10.3. The van der Waals surface area contributed by atoms with Crippen LogP contribution < -0.4 is 11.1 Å². The summed E-state index contributed by atoms with van der Waals surface area (Å²) in [7, 11) is -0.995. The van der Waals surface area contributed by atoms with Gasteiger partial charge >= 0.3 is 0 Å². The monoisotopic (exact) mass is 258 g/mol. The van der Waals surface area contributed by atoms with E-state index in [0.29, 0.717) is 11.4 Å². The van der Waals surface area contributed by atoms with Crippen molar-refractivity contribution in [1.82, 2.24) is 0 Å². The lowest BCUT2D eigenvalue weighted by atomic mass is 10.2. The number of anilines is 2. The molecule has 0 aliphatic rings. The Bertz CT molecular complexity index is 437. The van der Waals surface area contributed by atoms with Gasteiger partial charge in [0, 0.05) is 34.4 Å². The van der Waals surface area contributed by atoms with Crippen molar-refractivity contribution >= 4 is 28.1 Å². The number of amides is 1. The highest BCUT2D eigenvalue weighted by atomic mass is 32.2. The van der Waals surface area contributed by atoms with Crippen molar-refractivity contribution in [1.29, 1.82) is 0 Å². The topological polar surface area (TPSA) is 72.2 Å². The second-order valence-electron chi connectivity index (χ2n) is 3.47. The lowest BCUT2D eigenvalue weighted by Crippen LogP contribution is -2.16. The van der Waals surface area contributed by atoms with E-state index >= 15 is 0 Å². The van der Waals surface area contributed by atoms with Crippen LogP contribution in [0.2, 0.25) is 0 Å². The summed E-state index contributed by atoms with van der Waals surface area (Å²) in [5.74, 6) is -0.105. The molecule has 1 rings (SSSR count). The normalized spacial score (nSPS) is 12.1. The summed E-state index contributed by atoms with van der Waals surface area (Å²) in [6.45, 7) is 1.78. The first-order valence-corrected chi connectivity index (χ1v) is 6.71. The van der Waals surface area contributed by atoms with Gasteiger partial charge < -0.3 is 11.1 Å². The first-order valence-electron chi connectivity index (χ1n) is 5.22. The maximum atomic E-state index is 13.3. The van der Waals surface area contributed by atoms with Gasteiger partial charge in [-0.05, 0) is 18.2 Å². The fourth-order valence-electron chi connectivity index (χ4n) is 1.20. The van der Waals surface area contributed by atoms with Gasteiger partial charge in [-0.1, -0.05) is 6.92 Å². The van der Waals surface area contributed by atoms with Gasteiger partial charge in [0.05, 0.1) is 5.69 Å². The lowest BCUT2D eigenvalue weighted by molar-refractivity contribution is -0.115. The van der Waals surface area contributed by atoms with Crippen molar-refractivity contribution in [2.75, 3.05) is 22.6 Å². The Balaban J connectivity index is 2.56. The number of nitrogens with one attached hydrogen (secondary N) is 1. The summed E-state index contributed by atoms with van der Waals surface area (Å²) in [5.41, 5.74) is 5.91. The van der Waals surface area contributed by atoms with Crippen LogP contribution in [-0.2, 0) is 15.6 Å². The van der Waals surface area contributed by atoms with E-state index in [9.17, 15) is 13.4 Å². The summed E-state index contributed by atoms with van der Waals surface area (Å²) in [5, 5.41) is 2.40. The molecule has 3 N–H and O–H groups in total. The number of benzene rings is 1. The minimum atomic E-state index is -0.995. The third-order valence-corrected chi connectivity index (χ3v) is 3.45. The van der Waals surface area contributed by atoms with Crippen molar-refractivity contribution in [3.63, 3.8) is 0 Å². The number of halogens is 1. The Hall–Kier alpha value is -1.43. The number of carbonyl (C=O) groups is 1. The van der Waals surface area contributed by atoms with E-state index in [4.69, 9.17) is 5.73 Å². The smallest absolute Gasteiger partial charge is 0.225 e. The molecular formula is C11H15FN2O2S. The largest absolute Gasteiger partial charge is 0.399 e. The third-order valence-electron chi connectivity index (χ3n) is 2.14. The molecular weight excluding hydrogens is 243 g/mol. The standard InChI is InChI=1S/C11H15FN2O2S/c1-2-17(16)6-5-11(15)14-10-7-8(13)3-4-9(10)12/h3-4,7H,2,5-6,13H2,1H3,(H,14,15). The minimum Gasteiger partial charge on any atom is -0.399 e. The number of nitrogen functional groups attached to an aromatic ring is 1. The molecule has 0 aromatic heterocycles. The molecule has 94 valence electrons. The summed E-state index contributed by atoms with van der Waals surface area (Å²) in [6.07, 6.45) is 0.106. The van der Waals surface area contributed by atoms with Crippen LogP contribution in [0.1, 0.15) is 13.3 Å². The molecule has 1 aromatic rings. The van der Waals surface area contributed by atoms with E-state index in [1.165, 1.54) is 18.2 Å². The minimum absolute atomic E-state index is 0.0530. The van der Waals surface area contributed by atoms with Gasteiger partial charge in [0.2, 0.25) is 5.91 Å². The van der Waals surface area contributed by atoms with Crippen LogP contribution in [0.15, 0.2) is 18.2 Å². The molecule has 0 heterocycles. The molecule has 6 heteroatoms. The summed E-state index contributed by atoms with van der Waals surface area (Å²) < 4.78 is 24.4. The van der Waals surface area contributed by atoms with Crippen LogP contribution in [0.5, 0.6) is 0 Å². The van der Waals surface area contributed by atoms with Gasteiger partial charge in [-0.3, -0.25) is 9.00 Å². The van der Waals surface area contributed by atoms with Crippen molar-refractivity contribution in [3.8, 4) is 0 Å². The Morgan fingerprint density at radius 1 is 1.53 bits per heavy atom. The first kappa shape index (κ1) is 13.6. The molecule has 0 radical (unpaired) electrons. The van der Waals surface area contributed by atoms with E-state index in [0.717, 1.165) is 0 Å². The summed E-state index contributed by atoms with van der Waals surface area (Å²) in [6, 6.07) is 3.95. The van der Waals surface area contributed by atoms with Gasteiger partial charge in [0.15, 0.2) is 0 Å². The van der Waals surface area contributed by atoms with Gasteiger partial charge in [-0.25, -0.2) is 4.39 Å². The number of rotatable bonds is 5. The number of hydrogen-bond donors (Lipinski definition) is 2. The van der Waals surface area contributed by atoms with Crippen LogP contribution in [-0.4, -0.2) is 21.6 Å². The molecule has 1 unspecified atom stereocenters. The summed E-state index contributed by atoms with van der Waals surface area (Å²) >= 11 is 0. The predicted octanol–water partition coefficient (Wildman–Crippen LogP) is 1.51. The van der Waals surface area contributed by atoms with Gasteiger partial charge in [0.25, 0.3) is 0 Å². The van der Waals surface area contributed by atoms with Crippen LogP contribution in [0, 0.1) is 5.82 Å². The Morgan fingerprint density at radius 2 is 2.24 bits per heavy atom. The van der Waals surface area contributed by atoms with Crippen molar-refractivity contribution in [2.45, 2.75) is 13.3 Å². The zero-order valence-electron chi connectivity index (χ0n) is 9.53. The average Bonchev–Trinajstić information content (AvgIpc) is 2.30. The molecule has 0 saturated heterocycles. The Labute approximate surface area is 102 Å². The van der Waals surface area contributed by atoms with Gasteiger partial charge in [-0.15, -0.1) is 0 Å². The van der Waals surface area contributed by atoms with Gasteiger partial charge in [-0.2, -0.15) is 0 Å². The SMILES string of the molecule is CCS(=O)CCC(=O)Nc1cc(N)ccc1F. The van der Waals surface area contributed by atoms with Crippen molar-refractivity contribution in [3.05, 3.63) is 24.0 Å². The van der Waals surface area contributed by atoms with E-state index in [1.54, 1.807) is 6.92 Å². The fourth-order valence-corrected chi connectivity index (χ4v) is 1.90. The van der Waals surface area contributed by atoms with E-state index in [-0.39, 0.29) is 23.8 Å². The predicted molar refractivity (Wildman–Crippen MR) is 67.6 cm³/mol. The Morgan fingerprint density at radius 3 is 2.88 bits per heavy atom. The molecule has 0 saturated carbocycles. The molecule has 4 nitrogen and oxygen atoms in total. The maximum absolute atomic E-state index is 13.3. The average molecular weight is 258 g/mol. The highest BCUT2D eigenvalue weighted by Crippen LogP contribution is 2.17. The second kappa shape index (κ2) is 6.34. The highest BCUT2D eigenvalue weighted by Gasteiger charge is 2.08. The van der Waals surface area contributed by atoms with Crippen LogP contribution in [0.4, 0.5) is 15.8 Å². The molecule has 0 fully saturated rings. The van der Waals surface area contributed by atoms with Crippen molar-refractivity contribution < 1.29 is 13.4 Å². The van der Waals surface area contributed by atoms with Crippen LogP contribution in [0.25, 0.3) is 0 Å². The van der Waals surface area contributed by atoms with Crippen molar-refractivity contribution in [2.24, 2.45) is 0 Å². The molecule has 0 bridgehead atoms. The molecule has 17 heavy (non-hydrogen) atoms. The molecule has 1 amide bonds.